The lowest BCUT2D eigenvalue weighted by atomic mass is 9.98. The van der Waals surface area contributed by atoms with E-state index in [1.54, 1.807) is 0 Å². The summed E-state index contributed by atoms with van der Waals surface area (Å²) in [6.45, 7) is 0.462. The molecule has 0 aliphatic heterocycles. The maximum Gasteiger partial charge on any atom is 0.407 e. The van der Waals surface area contributed by atoms with Gasteiger partial charge in [0.1, 0.15) is 12.6 Å². The molecule has 8 nitrogen and oxygen atoms in total. The fourth-order valence-corrected chi connectivity index (χ4v) is 4.98. The van der Waals surface area contributed by atoms with Crippen LogP contribution in [0.1, 0.15) is 36.3 Å². The largest absolute Gasteiger partial charge is 0.481 e. The van der Waals surface area contributed by atoms with Gasteiger partial charge in [-0.05, 0) is 55.6 Å². The molecule has 2 aliphatic carbocycles. The number of benzene rings is 2. The minimum Gasteiger partial charge on any atom is -0.481 e. The first-order valence-corrected chi connectivity index (χ1v) is 11.6. The molecule has 1 saturated carbocycles. The molecule has 8 heteroatoms. The zero-order chi connectivity index (χ0) is 24.2. The number of likely N-dealkylation sites (N-methyl/N-ethyl adjacent to an activating group) is 1. The Kier molecular flexibility index (Phi) is 7.17. The molecule has 2 aliphatic rings. The highest BCUT2D eigenvalue weighted by molar-refractivity contribution is 5.86. The van der Waals surface area contributed by atoms with Crippen molar-refractivity contribution in [1.82, 2.24) is 15.5 Å². The first kappa shape index (κ1) is 23.8. The molecule has 180 valence electrons. The van der Waals surface area contributed by atoms with Crippen molar-refractivity contribution in [3.63, 3.8) is 0 Å². The van der Waals surface area contributed by atoms with Crippen molar-refractivity contribution in [2.24, 2.45) is 5.92 Å². The number of aliphatic carboxylic acids is 1. The molecule has 0 saturated heterocycles. The van der Waals surface area contributed by atoms with Crippen molar-refractivity contribution in [3.8, 4) is 11.1 Å². The molecule has 0 unspecified atom stereocenters. The van der Waals surface area contributed by atoms with E-state index in [0.29, 0.717) is 25.8 Å². The summed E-state index contributed by atoms with van der Waals surface area (Å²) in [7, 11) is 3.63. The van der Waals surface area contributed by atoms with Crippen LogP contribution in [-0.2, 0) is 14.3 Å². The zero-order valence-corrected chi connectivity index (χ0v) is 19.5. The second kappa shape index (κ2) is 10.3. The smallest absolute Gasteiger partial charge is 0.407 e. The number of ether oxygens (including phenoxy) is 1. The molecule has 0 spiro atoms. The highest BCUT2D eigenvalue weighted by Crippen LogP contribution is 2.44. The van der Waals surface area contributed by atoms with E-state index in [0.717, 1.165) is 22.3 Å². The lowest BCUT2D eigenvalue weighted by Gasteiger charge is -2.24. The Bertz CT molecular complexity index is 1020. The van der Waals surface area contributed by atoms with Gasteiger partial charge >= 0.3 is 12.1 Å². The van der Waals surface area contributed by atoms with Gasteiger partial charge in [-0.3, -0.25) is 9.59 Å². The number of fused-ring (bicyclic) bond motifs is 3. The molecule has 0 radical (unpaired) electrons. The van der Waals surface area contributed by atoms with Gasteiger partial charge in [-0.25, -0.2) is 4.79 Å². The first-order valence-electron chi connectivity index (χ1n) is 11.6. The summed E-state index contributed by atoms with van der Waals surface area (Å²) in [5.41, 5.74) is 4.53. The average molecular weight is 466 g/mol. The Labute approximate surface area is 199 Å². The molecular weight excluding hydrogens is 434 g/mol. The lowest BCUT2D eigenvalue weighted by molar-refractivity contribution is -0.141. The zero-order valence-electron chi connectivity index (χ0n) is 19.5. The number of hydrogen-bond acceptors (Lipinski definition) is 5. The number of hydrogen-bond donors (Lipinski definition) is 3. The third-order valence-electron chi connectivity index (χ3n) is 6.63. The van der Waals surface area contributed by atoms with E-state index in [9.17, 15) is 19.5 Å². The van der Waals surface area contributed by atoms with Gasteiger partial charge in [0.05, 0.1) is 5.92 Å². The van der Waals surface area contributed by atoms with Crippen LogP contribution in [0.2, 0.25) is 0 Å². The van der Waals surface area contributed by atoms with Crippen molar-refractivity contribution in [2.45, 2.75) is 37.3 Å². The number of carboxylic acids is 1. The van der Waals surface area contributed by atoms with Crippen LogP contribution in [0.3, 0.4) is 0 Å². The van der Waals surface area contributed by atoms with E-state index in [2.05, 4.69) is 34.9 Å². The Balaban J connectivity index is 1.37. The topological polar surface area (TPSA) is 108 Å². The maximum absolute atomic E-state index is 12.9. The van der Waals surface area contributed by atoms with E-state index in [4.69, 9.17) is 4.74 Å². The van der Waals surface area contributed by atoms with Crippen LogP contribution in [0.25, 0.3) is 11.1 Å². The fraction of sp³-hybridized carbons (Fsp3) is 0.423. The fourth-order valence-electron chi connectivity index (χ4n) is 4.98. The van der Waals surface area contributed by atoms with Gasteiger partial charge in [0, 0.05) is 18.5 Å². The van der Waals surface area contributed by atoms with E-state index in [-0.39, 0.29) is 24.5 Å². The van der Waals surface area contributed by atoms with E-state index < -0.39 is 24.0 Å². The minimum absolute atomic E-state index is 0.0642. The van der Waals surface area contributed by atoms with Gasteiger partial charge in [0.2, 0.25) is 5.91 Å². The van der Waals surface area contributed by atoms with Crippen molar-refractivity contribution in [3.05, 3.63) is 59.7 Å². The number of nitrogens with zero attached hydrogens (tertiary/aromatic N) is 1. The highest BCUT2D eigenvalue weighted by atomic mass is 16.5. The Morgan fingerprint density at radius 2 is 1.65 bits per heavy atom. The summed E-state index contributed by atoms with van der Waals surface area (Å²) in [5.74, 6) is -1.67. The van der Waals surface area contributed by atoms with Gasteiger partial charge in [0.25, 0.3) is 0 Å². The summed E-state index contributed by atoms with van der Waals surface area (Å²) < 4.78 is 5.59. The third-order valence-corrected chi connectivity index (χ3v) is 6.63. The summed E-state index contributed by atoms with van der Waals surface area (Å²) in [6.07, 6.45) is 0.903. The molecule has 34 heavy (non-hydrogen) atoms. The Morgan fingerprint density at radius 1 is 1.03 bits per heavy atom. The number of nitrogens with one attached hydrogen (secondary N) is 2. The lowest BCUT2D eigenvalue weighted by Crippen LogP contribution is -2.53. The third kappa shape index (κ3) is 5.22. The van der Waals surface area contributed by atoms with Crippen molar-refractivity contribution in [2.75, 3.05) is 27.2 Å². The van der Waals surface area contributed by atoms with Crippen LogP contribution in [0.15, 0.2) is 48.5 Å². The number of carboxylic acid groups (broad SMARTS) is 1. The van der Waals surface area contributed by atoms with Crippen LogP contribution in [-0.4, -0.2) is 67.3 Å². The SMILES string of the molecule is CN(C)C[C@H](NC(=O)OCC1c2ccccc2-c2ccccc21)C(=O)N[C@H]1CC[C@@H](C(=O)O)C1. The van der Waals surface area contributed by atoms with Gasteiger partial charge in [0.15, 0.2) is 0 Å². The van der Waals surface area contributed by atoms with Crippen LogP contribution >= 0.6 is 0 Å². The summed E-state index contributed by atoms with van der Waals surface area (Å²) in [4.78, 5) is 38.6. The molecule has 3 atom stereocenters. The van der Waals surface area contributed by atoms with Crippen molar-refractivity contribution < 1.29 is 24.2 Å². The average Bonchev–Trinajstić information content (AvgIpc) is 3.40. The number of carbonyl (C=O) groups excluding carboxylic acids is 2. The minimum atomic E-state index is -0.835. The molecular formula is C26H31N3O5. The molecule has 2 amide bonds. The van der Waals surface area contributed by atoms with Crippen LogP contribution < -0.4 is 10.6 Å². The van der Waals surface area contributed by atoms with Gasteiger partial charge in [-0.2, -0.15) is 0 Å². The number of carbonyl (C=O) groups is 3. The van der Waals surface area contributed by atoms with E-state index in [1.807, 2.05) is 43.3 Å². The highest BCUT2D eigenvalue weighted by Gasteiger charge is 2.33. The summed E-state index contributed by atoms with van der Waals surface area (Å²) in [5, 5.41) is 14.8. The van der Waals surface area contributed by atoms with Crippen LogP contribution in [0, 0.1) is 5.92 Å². The van der Waals surface area contributed by atoms with Crippen LogP contribution in [0.5, 0.6) is 0 Å². The van der Waals surface area contributed by atoms with Gasteiger partial charge in [-0.1, -0.05) is 48.5 Å². The predicted molar refractivity (Wildman–Crippen MR) is 127 cm³/mol. The molecule has 0 aromatic heterocycles. The van der Waals surface area contributed by atoms with E-state index >= 15 is 0 Å². The van der Waals surface area contributed by atoms with Crippen LogP contribution in [0.4, 0.5) is 4.79 Å². The molecule has 3 N–H and O–H groups in total. The van der Waals surface area contributed by atoms with Crippen molar-refractivity contribution >= 4 is 18.0 Å². The van der Waals surface area contributed by atoms with E-state index in [1.165, 1.54) is 0 Å². The second-order valence-electron chi connectivity index (χ2n) is 9.34. The summed E-state index contributed by atoms with van der Waals surface area (Å²) >= 11 is 0. The van der Waals surface area contributed by atoms with Gasteiger partial charge in [-0.15, -0.1) is 0 Å². The molecule has 2 aromatic carbocycles. The van der Waals surface area contributed by atoms with Crippen molar-refractivity contribution in [1.29, 1.82) is 0 Å². The normalized spacial score (nSPS) is 19.9. The number of alkyl carbamates (subject to hydrolysis) is 1. The molecule has 0 heterocycles. The van der Waals surface area contributed by atoms with Gasteiger partial charge < -0.3 is 25.4 Å². The molecule has 2 aromatic rings. The first-order chi connectivity index (χ1) is 16.3. The maximum atomic E-state index is 12.9. The quantitative estimate of drug-likeness (QED) is 0.553. The molecule has 4 rings (SSSR count). The number of rotatable bonds is 8. The Morgan fingerprint density at radius 3 is 2.21 bits per heavy atom. The predicted octanol–water partition coefficient (Wildman–Crippen LogP) is 2.82. The Hall–Kier alpha value is -3.39. The second-order valence-corrected chi connectivity index (χ2v) is 9.34. The standard InChI is InChI=1S/C26H31N3O5/c1-29(2)14-23(24(30)27-17-12-11-16(13-17)25(31)32)28-26(33)34-15-22-20-9-5-3-7-18(20)19-8-4-6-10-21(19)22/h3-10,16-17,22-23H,11-15H2,1-2H3,(H,27,30)(H,28,33)(H,31,32)/t16-,17+,23+/m1/s1. The molecule has 0 bridgehead atoms. The summed E-state index contributed by atoms with van der Waals surface area (Å²) in [6, 6.07) is 15.2. The monoisotopic (exact) mass is 465 g/mol. The molecule has 1 fully saturated rings. The number of amides is 2.